The van der Waals surface area contributed by atoms with Gasteiger partial charge in [-0.2, -0.15) is 5.10 Å². The van der Waals surface area contributed by atoms with Crippen LogP contribution in [-0.2, 0) is 0 Å². The number of hydrogen-bond donors (Lipinski definition) is 1. The number of hydrogen-bond acceptors (Lipinski definition) is 5. The van der Waals surface area contributed by atoms with E-state index in [2.05, 4.69) is 26.5 Å². The zero-order valence-electron chi connectivity index (χ0n) is 15.8. The van der Waals surface area contributed by atoms with Crippen LogP contribution in [0.3, 0.4) is 0 Å². The molecule has 30 heavy (non-hydrogen) atoms. The maximum Gasteiger partial charge on any atom is 0.343 e. The van der Waals surface area contributed by atoms with Gasteiger partial charge in [0.25, 0.3) is 5.91 Å². The van der Waals surface area contributed by atoms with Gasteiger partial charge in [0.15, 0.2) is 11.5 Å². The van der Waals surface area contributed by atoms with Crippen LogP contribution in [0.1, 0.15) is 26.3 Å². The number of rotatable bonds is 6. The van der Waals surface area contributed by atoms with Crippen LogP contribution in [0.15, 0.2) is 76.3 Å². The van der Waals surface area contributed by atoms with Crippen molar-refractivity contribution in [1.82, 2.24) is 5.43 Å². The van der Waals surface area contributed by atoms with Gasteiger partial charge in [-0.3, -0.25) is 4.79 Å². The van der Waals surface area contributed by atoms with Gasteiger partial charge >= 0.3 is 5.97 Å². The van der Waals surface area contributed by atoms with E-state index in [0.29, 0.717) is 16.9 Å². The fourth-order valence-corrected chi connectivity index (χ4v) is 2.85. The first kappa shape index (κ1) is 21.2. The molecule has 0 aliphatic heterocycles. The van der Waals surface area contributed by atoms with Gasteiger partial charge in [-0.25, -0.2) is 14.6 Å². The van der Waals surface area contributed by atoms with E-state index in [1.165, 1.54) is 37.6 Å². The highest BCUT2D eigenvalue weighted by atomic mass is 79.9. The van der Waals surface area contributed by atoms with Crippen molar-refractivity contribution in [2.45, 2.75) is 0 Å². The Hall–Kier alpha value is -3.52. The number of ether oxygens (including phenoxy) is 2. The monoisotopic (exact) mass is 470 g/mol. The summed E-state index contributed by atoms with van der Waals surface area (Å²) in [5.41, 5.74) is 3.63. The molecule has 0 saturated carbocycles. The van der Waals surface area contributed by atoms with Crippen molar-refractivity contribution < 1.29 is 23.5 Å². The summed E-state index contributed by atoms with van der Waals surface area (Å²) in [6.07, 6.45) is 1.41. The zero-order valence-corrected chi connectivity index (χ0v) is 17.4. The molecular formula is C22H16BrFN2O4. The number of hydrazone groups is 1. The van der Waals surface area contributed by atoms with Crippen LogP contribution < -0.4 is 14.9 Å². The molecule has 0 bridgehead atoms. The number of carbonyl (C=O) groups excluding carboxylic acids is 2. The molecule has 0 aliphatic rings. The van der Waals surface area contributed by atoms with Gasteiger partial charge in [0, 0.05) is 10.0 Å². The molecule has 8 heteroatoms. The Morgan fingerprint density at radius 1 is 1.00 bits per heavy atom. The molecule has 1 N–H and O–H groups in total. The quantitative estimate of drug-likeness (QED) is 0.247. The van der Waals surface area contributed by atoms with Gasteiger partial charge in [-0.15, -0.1) is 0 Å². The van der Waals surface area contributed by atoms with E-state index in [-0.39, 0.29) is 11.3 Å². The van der Waals surface area contributed by atoms with Gasteiger partial charge < -0.3 is 9.47 Å². The average molecular weight is 471 g/mol. The smallest absolute Gasteiger partial charge is 0.343 e. The van der Waals surface area contributed by atoms with Crippen molar-refractivity contribution in [3.05, 3.63) is 93.7 Å². The van der Waals surface area contributed by atoms with Crippen LogP contribution >= 0.6 is 15.9 Å². The number of nitrogens with one attached hydrogen (secondary N) is 1. The number of benzene rings is 3. The van der Waals surface area contributed by atoms with Crippen LogP contribution in [0.4, 0.5) is 4.39 Å². The van der Waals surface area contributed by atoms with E-state index in [4.69, 9.17) is 9.47 Å². The SMILES string of the molecule is COc1cc(/C=N\NC(=O)c2ccc(F)cc2)ccc1OC(=O)c1cccc(Br)c1. The first-order valence-corrected chi connectivity index (χ1v) is 9.50. The molecule has 0 fully saturated rings. The molecule has 3 aromatic carbocycles. The van der Waals surface area contributed by atoms with E-state index < -0.39 is 17.7 Å². The molecule has 0 atom stereocenters. The summed E-state index contributed by atoms with van der Waals surface area (Å²) in [5.74, 6) is -0.856. The van der Waals surface area contributed by atoms with E-state index in [1.807, 2.05) is 0 Å². The second-order valence-corrected chi connectivity index (χ2v) is 6.93. The van der Waals surface area contributed by atoms with E-state index in [9.17, 15) is 14.0 Å². The van der Waals surface area contributed by atoms with E-state index in [1.54, 1.807) is 42.5 Å². The summed E-state index contributed by atoms with van der Waals surface area (Å²) in [5, 5.41) is 3.88. The lowest BCUT2D eigenvalue weighted by Crippen LogP contribution is -2.17. The third kappa shape index (κ3) is 5.51. The predicted molar refractivity (Wildman–Crippen MR) is 114 cm³/mol. The summed E-state index contributed by atoms with van der Waals surface area (Å²) >= 11 is 3.31. The number of esters is 1. The summed E-state index contributed by atoms with van der Waals surface area (Å²) < 4.78 is 24.4. The van der Waals surface area contributed by atoms with Crippen molar-refractivity contribution >= 4 is 34.0 Å². The molecule has 0 heterocycles. The second-order valence-electron chi connectivity index (χ2n) is 6.02. The molecule has 0 aliphatic carbocycles. The molecule has 0 radical (unpaired) electrons. The van der Waals surface area contributed by atoms with Crippen LogP contribution in [-0.4, -0.2) is 25.2 Å². The maximum absolute atomic E-state index is 12.9. The van der Waals surface area contributed by atoms with E-state index >= 15 is 0 Å². The van der Waals surface area contributed by atoms with Gasteiger partial charge in [-0.05, 0) is 66.2 Å². The summed E-state index contributed by atoms with van der Waals surface area (Å²) in [4.78, 5) is 24.3. The normalized spacial score (nSPS) is 10.6. The van der Waals surface area contributed by atoms with Crippen molar-refractivity contribution in [3.8, 4) is 11.5 Å². The number of amides is 1. The lowest BCUT2D eigenvalue weighted by Gasteiger charge is -2.10. The lowest BCUT2D eigenvalue weighted by molar-refractivity contribution is 0.0729. The third-order valence-corrected chi connectivity index (χ3v) is 4.43. The van der Waals surface area contributed by atoms with Gasteiger partial charge in [0.2, 0.25) is 0 Å². The van der Waals surface area contributed by atoms with Crippen LogP contribution in [0, 0.1) is 5.82 Å². The highest BCUT2D eigenvalue weighted by Crippen LogP contribution is 2.28. The summed E-state index contributed by atoms with van der Waals surface area (Å²) in [7, 11) is 1.45. The Kier molecular flexibility index (Phi) is 6.92. The summed E-state index contributed by atoms with van der Waals surface area (Å²) in [6, 6.07) is 16.8. The highest BCUT2D eigenvalue weighted by molar-refractivity contribution is 9.10. The molecule has 3 aromatic rings. The van der Waals surface area contributed by atoms with Crippen molar-refractivity contribution in [3.63, 3.8) is 0 Å². The van der Waals surface area contributed by atoms with Gasteiger partial charge in [0.05, 0.1) is 18.9 Å². The van der Waals surface area contributed by atoms with Crippen LogP contribution in [0.5, 0.6) is 11.5 Å². The Bertz CT molecular complexity index is 1100. The van der Waals surface area contributed by atoms with Crippen molar-refractivity contribution in [2.24, 2.45) is 5.10 Å². The number of methoxy groups -OCH3 is 1. The van der Waals surface area contributed by atoms with Crippen LogP contribution in [0.2, 0.25) is 0 Å². The zero-order chi connectivity index (χ0) is 21.5. The largest absolute Gasteiger partial charge is 0.493 e. The molecule has 0 saturated heterocycles. The van der Waals surface area contributed by atoms with E-state index in [0.717, 1.165) is 4.47 Å². The third-order valence-electron chi connectivity index (χ3n) is 3.94. The molecular weight excluding hydrogens is 455 g/mol. The van der Waals surface area contributed by atoms with Gasteiger partial charge in [-0.1, -0.05) is 22.0 Å². The predicted octanol–water partition coefficient (Wildman–Crippen LogP) is 4.58. The second kappa shape index (κ2) is 9.80. The molecule has 6 nitrogen and oxygen atoms in total. The average Bonchev–Trinajstić information content (AvgIpc) is 2.75. The Balaban J connectivity index is 1.67. The molecule has 152 valence electrons. The molecule has 0 spiro atoms. The Morgan fingerprint density at radius 3 is 2.47 bits per heavy atom. The fraction of sp³-hybridized carbons (Fsp3) is 0.0455. The lowest BCUT2D eigenvalue weighted by atomic mass is 10.2. The van der Waals surface area contributed by atoms with Crippen LogP contribution in [0.25, 0.3) is 0 Å². The first-order chi connectivity index (χ1) is 14.5. The standard InChI is InChI=1S/C22H16BrFN2O4/c1-29-20-11-14(13-25-26-21(27)15-6-8-18(24)9-7-15)5-10-19(20)30-22(28)16-3-2-4-17(23)12-16/h2-13H,1H3,(H,26,27)/b25-13-. The van der Waals surface area contributed by atoms with Crippen molar-refractivity contribution in [1.29, 1.82) is 0 Å². The van der Waals surface area contributed by atoms with Gasteiger partial charge in [0.1, 0.15) is 5.82 Å². The maximum atomic E-state index is 12.9. The highest BCUT2D eigenvalue weighted by Gasteiger charge is 2.13. The number of carbonyl (C=O) groups is 2. The minimum atomic E-state index is -0.525. The minimum absolute atomic E-state index is 0.245. The molecule has 1 amide bonds. The number of halogens is 2. The molecule has 0 aromatic heterocycles. The molecule has 3 rings (SSSR count). The fourth-order valence-electron chi connectivity index (χ4n) is 2.45. The molecule has 0 unspecified atom stereocenters. The topological polar surface area (TPSA) is 77.0 Å². The summed E-state index contributed by atoms with van der Waals surface area (Å²) in [6.45, 7) is 0. The van der Waals surface area contributed by atoms with Crippen molar-refractivity contribution in [2.75, 3.05) is 7.11 Å². The Morgan fingerprint density at radius 2 is 1.77 bits per heavy atom. The Labute approximate surface area is 180 Å². The minimum Gasteiger partial charge on any atom is -0.493 e. The number of nitrogens with zero attached hydrogens (tertiary/aromatic N) is 1. The first-order valence-electron chi connectivity index (χ1n) is 8.71.